The van der Waals surface area contributed by atoms with Crippen LogP contribution in [0.3, 0.4) is 0 Å². The minimum Gasteiger partial charge on any atom is -0.317 e. The lowest BCUT2D eigenvalue weighted by molar-refractivity contribution is -0.114. The summed E-state index contributed by atoms with van der Waals surface area (Å²) >= 11 is 1.30. The van der Waals surface area contributed by atoms with Gasteiger partial charge in [-0.05, 0) is 54.8 Å². The molecule has 6 rings (SSSR count). The van der Waals surface area contributed by atoms with Crippen molar-refractivity contribution in [1.82, 2.24) is 9.58 Å². The van der Waals surface area contributed by atoms with Crippen LogP contribution in [0.5, 0.6) is 0 Å². The number of thioether (sulfide) groups is 1. The van der Waals surface area contributed by atoms with Gasteiger partial charge in [-0.1, -0.05) is 66.7 Å². The molecule has 6 nitrogen and oxygen atoms in total. The van der Waals surface area contributed by atoms with Crippen molar-refractivity contribution in [1.29, 1.82) is 5.41 Å². The average Bonchev–Trinajstić information content (AvgIpc) is 3.42. The van der Waals surface area contributed by atoms with E-state index in [2.05, 4.69) is 51.9 Å². The Morgan fingerprint density at radius 3 is 2.51 bits per heavy atom. The first-order valence-corrected chi connectivity index (χ1v) is 12.1. The molecular formula is C28H21N5OS. The Bertz CT molecular complexity index is 1620. The number of aromatic nitrogens is 1. The Morgan fingerprint density at radius 1 is 0.943 bits per heavy atom. The van der Waals surface area contributed by atoms with E-state index in [0.29, 0.717) is 5.17 Å². The SMILES string of the molecule is Cc1cc(/C=C2/C(=N)N3N=C(c4ccccc4)SC3=NC2=O)c(C)n1-c1cccc2ccccc12. The van der Waals surface area contributed by atoms with Crippen LogP contribution in [-0.2, 0) is 4.79 Å². The number of hydrogen-bond donors (Lipinski definition) is 1. The fourth-order valence-corrected chi connectivity index (χ4v) is 5.45. The van der Waals surface area contributed by atoms with E-state index in [1.165, 1.54) is 22.2 Å². The van der Waals surface area contributed by atoms with Gasteiger partial charge in [-0.15, -0.1) is 0 Å². The first-order valence-electron chi connectivity index (χ1n) is 11.2. The number of fused-ring (bicyclic) bond motifs is 2. The zero-order valence-electron chi connectivity index (χ0n) is 19.2. The van der Waals surface area contributed by atoms with Crippen LogP contribution in [0.4, 0.5) is 0 Å². The summed E-state index contributed by atoms with van der Waals surface area (Å²) in [5.74, 6) is -0.387. The highest BCUT2D eigenvalue weighted by Gasteiger charge is 2.36. The molecule has 3 heterocycles. The number of hydrogen-bond acceptors (Lipinski definition) is 4. The van der Waals surface area contributed by atoms with Gasteiger partial charge in [0.25, 0.3) is 5.91 Å². The molecule has 0 saturated carbocycles. The van der Waals surface area contributed by atoms with Gasteiger partial charge in [0.15, 0.2) is 5.84 Å². The highest BCUT2D eigenvalue weighted by atomic mass is 32.2. The van der Waals surface area contributed by atoms with E-state index in [1.54, 1.807) is 6.08 Å². The van der Waals surface area contributed by atoms with Crippen molar-refractivity contribution in [3.63, 3.8) is 0 Å². The number of amidine groups is 2. The van der Waals surface area contributed by atoms with Crippen molar-refractivity contribution in [2.24, 2.45) is 10.1 Å². The third-order valence-corrected chi connectivity index (χ3v) is 7.21. The number of aryl methyl sites for hydroxylation is 1. The Morgan fingerprint density at radius 2 is 1.69 bits per heavy atom. The lowest BCUT2D eigenvalue weighted by Crippen LogP contribution is -2.35. The molecule has 0 bridgehead atoms. The van der Waals surface area contributed by atoms with Crippen molar-refractivity contribution in [2.75, 3.05) is 0 Å². The van der Waals surface area contributed by atoms with Crippen LogP contribution in [0.15, 0.2) is 94.5 Å². The summed E-state index contributed by atoms with van der Waals surface area (Å²) < 4.78 is 2.19. The molecule has 4 aromatic rings. The number of rotatable bonds is 3. The highest BCUT2D eigenvalue weighted by Crippen LogP contribution is 2.32. The molecule has 0 aliphatic carbocycles. The van der Waals surface area contributed by atoms with Gasteiger partial charge in [0.05, 0.1) is 11.3 Å². The van der Waals surface area contributed by atoms with E-state index in [0.717, 1.165) is 38.6 Å². The number of amides is 1. The molecule has 1 amide bonds. The predicted molar refractivity (Wildman–Crippen MR) is 143 cm³/mol. The second kappa shape index (κ2) is 8.21. The lowest BCUT2D eigenvalue weighted by Gasteiger charge is -2.20. The third-order valence-electron chi connectivity index (χ3n) is 6.25. The molecule has 3 aromatic carbocycles. The first-order chi connectivity index (χ1) is 17.0. The van der Waals surface area contributed by atoms with Crippen LogP contribution in [0.2, 0.25) is 0 Å². The number of benzene rings is 3. The van der Waals surface area contributed by atoms with Gasteiger partial charge in [0.1, 0.15) is 5.04 Å². The minimum absolute atomic E-state index is 0.0356. The molecule has 2 aliphatic heterocycles. The highest BCUT2D eigenvalue weighted by molar-refractivity contribution is 8.27. The van der Waals surface area contributed by atoms with E-state index in [-0.39, 0.29) is 11.4 Å². The molecule has 0 spiro atoms. The van der Waals surface area contributed by atoms with Crippen LogP contribution in [0.25, 0.3) is 22.5 Å². The van der Waals surface area contributed by atoms with Crippen LogP contribution in [-0.4, -0.2) is 31.5 Å². The van der Waals surface area contributed by atoms with Crippen molar-refractivity contribution >= 4 is 50.6 Å². The smallest absolute Gasteiger partial charge is 0.283 e. The van der Waals surface area contributed by atoms with Gasteiger partial charge in [-0.2, -0.15) is 15.1 Å². The number of carbonyl (C=O) groups is 1. The topological polar surface area (TPSA) is 73.8 Å². The molecule has 0 atom stereocenters. The maximum atomic E-state index is 12.9. The second-order valence-electron chi connectivity index (χ2n) is 8.45. The van der Waals surface area contributed by atoms with Crippen molar-refractivity contribution in [3.05, 3.63) is 107 Å². The molecule has 2 aliphatic rings. The van der Waals surface area contributed by atoms with E-state index in [9.17, 15) is 4.79 Å². The summed E-state index contributed by atoms with van der Waals surface area (Å²) in [7, 11) is 0. The van der Waals surface area contributed by atoms with Crippen LogP contribution in [0, 0.1) is 19.3 Å². The van der Waals surface area contributed by atoms with Gasteiger partial charge >= 0.3 is 0 Å². The Kier molecular flexibility index (Phi) is 5.00. The lowest BCUT2D eigenvalue weighted by atomic mass is 10.1. The number of aliphatic imine (C=N–C) groups is 1. The summed E-state index contributed by atoms with van der Waals surface area (Å²) in [5.41, 5.74) is 5.16. The van der Waals surface area contributed by atoms with Crippen molar-refractivity contribution < 1.29 is 4.79 Å². The summed E-state index contributed by atoms with van der Waals surface area (Å²) in [4.78, 5) is 17.2. The van der Waals surface area contributed by atoms with Gasteiger partial charge in [-0.3, -0.25) is 10.2 Å². The number of carbonyl (C=O) groups excluding carboxylic acids is 1. The number of nitrogens with zero attached hydrogens (tertiary/aromatic N) is 4. The van der Waals surface area contributed by atoms with E-state index < -0.39 is 5.91 Å². The molecule has 1 aromatic heterocycles. The molecule has 0 unspecified atom stereocenters. The van der Waals surface area contributed by atoms with Crippen LogP contribution < -0.4 is 0 Å². The predicted octanol–water partition coefficient (Wildman–Crippen LogP) is 5.91. The standard InChI is InChI=1S/C28H21N5OS/c1-17-15-21(18(2)32(17)24-14-8-12-19-9-6-7-13-22(19)24)16-23-25(29)33-28(30-26(23)34)35-27(31-33)20-10-4-3-5-11-20/h3-16,29H,1-2H3/b23-16-,29-25?. The summed E-state index contributed by atoms with van der Waals surface area (Å²) in [6, 6.07) is 26.3. The Balaban J connectivity index is 1.40. The van der Waals surface area contributed by atoms with Crippen molar-refractivity contribution in [3.8, 4) is 5.69 Å². The second-order valence-corrected chi connectivity index (χ2v) is 9.41. The van der Waals surface area contributed by atoms with E-state index in [4.69, 9.17) is 5.41 Å². The molecule has 170 valence electrons. The number of nitrogens with one attached hydrogen (secondary N) is 1. The molecule has 0 fully saturated rings. The van der Waals surface area contributed by atoms with Gasteiger partial charge in [0.2, 0.25) is 5.17 Å². The molecule has 0 radical (unpaired) electrons. The maximum Gasteiger partial charge on any atom is 0.283 e. The van der Waals surface area contributed by atoms with Crippen LogP contribution in [0.1, 0.15) is 22.5 Å². The molecule has 1 N–H and O–H groups in total. The van der Waals surface area contributed by atoms with Gasteiger partial charge in [0, 0.05) is 22.3 Å². The quantitative estimate of drug-likeness (QED) is 0.374. The van der Waals surface area contributed by atoms with E-state index in [1.807, 2.05) is 55.5 Å². The summed E-state index contributed by atoms with van der Waals surface area (Å²) in [5, 5.41) is 18.2. The average molecular weight is 476 g/mol. The Hall–Kier alpha value is -4.23. The number of hydrazone groups is 1. The van der Waals surface area contributed by atoms with Crippen molar-refractivity contribution in [2.45, 2.75) is 13.8 Å². The zero-order valence-corrected chi connectivity index (χ0v) is 20.0. The zero-order chi connectivity index (χ0) is 24.1. The monoisotopic (exact) mass is 475 g/mol. The fourth-order valence-electron chi connectivity index (χ4n) is 4.55. The molecular weight excluding hydrogens is 454 g/mol. The Labute approximate surface area is 206 Å². The van der Waals surface area contributed by atoms with Crippen LogP contribution >= 0.6 is 11.8 Å². The molecule has 0 saturated heterocycles. The van der Waals surface area contributed by atoms with Gasteiger partial charge < -0.3 is 4.57 Å². The minimum atomic E-state index is -0.423. The third kappa shape index (κ3) is 3.52. The fraction of sp³-hybridized carbons (Fsp3) is 0.0714. The molecule has 7 heteroatoms. The summed E-state index contributed by atoms with van der Waals surface area (Å²) in [6.45, 7) is 4.08. The van der Waals surface area contributed by atoms with E-state index >= 15 is 0 Å². The first kappa shape index (κ1) is 21.3. The summed E-state index contributed by atoms with van der Waals surface area (Å²) in [6.07, 6.45) is 1.76. The molecule has 35 heavy (non-hydrogen) atoms. The normalized spacial score (nSPS) is 16.6. The largest absolute Gasteiger partial charge is 0.317 e. The van der Waals surface area contributed by atoms with Gasteiger partial charge in [-0.25, -0.2) is 0 Å². The maximum absolute atomic E-state index is 12.9.